The summed E-state index contributed by atoms with van der Waals surface area (Å²) in [4.78, 5) is 2.26. The average molecular weight is 187 g/mol. The zero-order chi connectivity index (χ0) is 9.73. The number of likely N-dealkylation sites (tertiary alicyclic amines) is 1. The molecule has 0 aromatic carbocycles. The summed E-state index contributed by atoms with van der Waals surface area (Å²) in [7, 11) is 0. The predicted octanol–water partition coefficient (Wildman–Crippen LogP) is 2.86. The molecular formula is C11H22FN. The molecule has 1 aliphatic rings. The van der Waals surface area contributed by atoms with Crippen molar-refractivity contribution in [2.24, 2.45) is 5.41 Å². The van der Waals surface area contributed by atoms with E-state index in [0.29, 0.717) is 12.0 Å². The number of nitrogens with zero attached hydrogens (tertiary/aromatic N) is 1. The van der Waals surface area contributed by atoms with Crippen LogP contribution in [0.1, 0.15) is 39.5 Å². The highest BCUT2D eigenvalue weighted by Crippen LogP contribution is 2.33. The molecule has 0 saturated carbocycles. The second-order valence-corrected chi connectivity index (χ2v) is 4.55. The maximum atomic E-state index is 12.1. The van der Waals surface area contributed by atoms with E-state index < -0.39 is 0 Å². The topological polar surface area (TPSA) is 3.24 Å². The quantitative estimate of drug-likeness (QED) is 0.656. The molecule has 1 saturated heterocycles. The number of hydrogen-bond donors (Lipinski definition) is 0. The van der Waals surface area contributed by atoms with Gasteiger partial charge >= 0.3 is 0 Å². The molecule has 1 heterocycles. The third-order valence-electron chi connectivity index (χ3n) is 3.54. The van der Waals surface area contributed by atoms with Gasteiger partial charge < -0.3 is 4.90 Å². The molecule has 1 rings (SSSR count). The lowest BCUT2D eigenvalue weighted by molar-refractivity contribution is 0.230. The van der Waals surface area contributed by atoms with Gasteiger partial charge in [0.05, 0.1) is 0 Å². The van der Waals surface area contributed by atoms with Crippen molar-refractivity contribution >= 4 is 0 Å². The lowest BCUT2D eigenvalue weighted by atomic mass is 9.80. The van der Waals surface area contributed by atoms with Crippen LogP contribution in [0.4, 0.5) is 4.39 Å². The van der Waals surface area contributed by atoms with E-state index in [1.54, 1.807) is 0 Å². The van der Waals surface area contributed by atoms with Crippen LogP contribution >= 0.6 is 0 Å². The van der Waals surface area contributed by atoms with Crippen LogP contribution in [0.5, 0.6) is 0 Å². The maximum Gasteiger partial charge on any atom is 0.102 e. The summed E-state index contributed by atoms with van der Waals surface area (Å²) >= 11 is 0. The van der Waals surface area contributed by atoms with Gasteiger partial charge in [-0.2, -0.15) is 0 Å². The Kier molecular flexibility index (Phi) is 4.17. The number of halogens is 1. The third-order valence-corrected chi connectivity index (χ3v) is 3.54. The van der Waals surface area contributed by atoms with Gasteiger partial charge in [0.2, 0.25) is 0 Å². The van der Waals surface area contributed by atoms with Gasteiger partial charge in [-0.15, -0.1) is 0 Å². The first-order valence-electron chi connectivity index (χ1n) is 5.48. The molecule has 0 spiro atoms. The summed E-state index contributed by atoms with van der Waals surface area (Å²) in [6.45, 7) is 7.27. The van der Waals surface area contributed by atoms with Crippen LogP contribution in [0.15, 0.2) is 0 Å². The van der Waals surface area contributed by atoms with Crippen molar-refractivity contribution in [2.75, 3.05) is 26.3 Å². The Labute approximate surface area is 81.3 Å². The van der Waals surface area contributed by atoms with Crippen molar-refractivity contribution in [3.63, 3.8) is 0 Å². The van der Waals surface area contributed by atoms with Gasteiger partial charge in [-0.05, 0) is 37.8 Å². The van der Waals surface area contributed by atoms with Crippen LogP contribution < -0.4 is 0 Å². The Balaban J connectivity index is 2.39. The first kappa shape index (κ1) is 11.0. The van der Waals surface area contributed by atoms with E-state index in [0.717, 1.165) is 13.1 Å². The minimum absolute atomic E-state index is 0.192. The third kappa shape index (κ3) is 3.26. The van der Waals surface area contributed by atoms with E-state index in [4.69, 9.17) is 0 Å². The summed E-state index contributed by atoms with van der Waals surface area (Å²) in [5.41, 5.74) is 0.519. The van der Waals surface area contributed by atoms with Crippen molar-refractivity contribution in [1.82, 2.24) is 4.90 Å². The Morgan fingerprint density at radius 3 is 2.69 bits per heavy atom. The summed E-state index contributed by atoms with van der Waals surface area (Å²) in [5.74, 6) is 0. The Hall–Kier alpha value is -0.110. The van der Waals surface area contributed by atoms with E-state index in [2.05, 4.69) is 18.7 Å². The van der Waals surface area contributed by atoms with Gasteiger partial charge in [0.1, 0.15) is 6.67 Å². The number of alkyl halides is 1. The van der Waals surface area contributed by atoms with Crippen molar-refractivity contribution in [2.45, 2.75) is 39.5 Å². The molecule has 0 amide bonds. The minimum atomic E-state index is -0.192. The highest BCUT2D eigenvalue weighted by atomic mass is 19.1. The molecule has 2 heteroatoms. The number of rotatable bonds is 3. The van der Waals surface area contributed by atoms with Crippen LogP contribution in [0, 0.1) is 5.41 Å². The molecule has 0 aromatic heterocycles. The molecule has 1 fully saturated rings. The highest BCUT2D eigenvalue weighted by Gasteiger charge is 2.25. The molecule has 1 aliphatic heterocycles. The second kappa shape index (κ2) is 4.94. The fraction of sp³-hybridized carbons (Fsp3) is 1.00. The number of hydrogen-bond acceptors (Lipinski definition) is 1. The first-order chi connectivity index (χ1) is 6.20. The minimum Gasteiger partial charge on any atom is -0.301 e. The SMILES string of the molecule is CCC1(C)CCCN(CCF)CC1. The van der Waals surface area contributed by atoms with E-state index in [1.807, 2.05) is 0 Å². The van der Waals surface area contributed by atoms with Crippen molar-refractivity contribution < 1.29 is 4.39 Å². The average Bonchev–Trinajstić information content (AvgIpc) is 2.31. The van der Waals surface area contributed by atoms with E-state index in [1.165, 1.54) is 25.7 Å². The van der Waals surface area contributed by atoms with E-state index >= 15 is 0 Å². The van der Waals surface area contributed by atoms with Crippen LogP contribution in [0.25, 0.3) is 0 Å². The van der Waals surface area contributed by atoms with E-state index in [-0.39, 0.29) is 6.67 Å². The molecule has 1 unspecified atom stereocenters. The highest BCUT2D eigenvalue weighted by molar-refractivity contribution is 4.78. The second-order valence-electron chi connectivity index (χ2n) is 4.55. The lowest BCUT2D eigenvalue weighted by Crippen LogP contribution is -2.27. The van der Waals surface area contributed by atoms with Gasteiger partial charge in [0.25, 0.3) is 0 Å². The van der Waals surface area contributed by atoms with Gasteiger partial charge in [-0.25, -0.2) is 4.39 Å². The molecule has 0 N–H and O–H groups in total. The van der Waals surface area contributed by atoms with Gasteiger partial charge in [-0.1, -0.05) is 20.3 Å². The summed E-state index contributed by atoms with van der Waals surface area (Å²) in [6, 6.07) is 0. The molecule has 0 bridgehead atoms. The molecular weight excluding hydrogens is 165 g/mol. The van der Waals surface area contributed by atoms with Crippen LogP contribution in [0.3, 0.4) is 0 Å². The van der Waals surface area contributed by atoms with Gasteiger partial charge in [0.15, 0.2) is 0 Å². The zero-order valence-corrected chi connectivity index (χ0v) is 8.98. The normalized spacial score (nSPS) is 31.6. The molecule has 1 nitrogen and oxygen atoms in total. The molecule has 0 aromatic rings. The van der Waals surface area contributed by atoms with Crippen LogP contribution in [-0.4, -0.2) is 31.2 Å². The van der Waals surface area contributed by atoms with Crippen molar-refractivity contribution in [3.05, 3.63) is 0 Å². The van der Waals surface area contributed by atoms with Crippen molar-refractivity contribution in [1.29, 1.82) is 0 Å². The Bertz CT molecular complexity index is 149. The van der Waals surface area contributed by atoms with Crippen LogP contribution in [-0.2, 0) is 0 Å². The van der Waals surface area contributed by atoms with Gasteiger partial charge in [0, 0.05) is 6.54 Å². The standard InChI is InChI=1S/C11H22FN/c1-3-11(2)5-4-8-13(9-6-11)10-7-12/h3-10H2,1-2H3. The summed E-state index contributed by atoms with van der Waals surface area (Å²) < 4.78 is 12.1. The van der Waals surface area contributed by atoms with E-state index in [9.17, 15) is 4.39 Å². The summed E-state index contributed by atoms with van der Waals surface area (Å²) in [5, 5.41) is 0. The molecule has 13 heavy (non-hydrogen) atoms. The predicted molar refractivity (Wildman–Crippen MR) is 54.7 cm³/mol. The van der Waals surface area contributed by atoms with Gasteiger partial charge in [-0.3, -0.25) is 0 Å². The lowest BCUT2D eigenvalue weighted by Gasteiger charge is -2.26. The van der Waals surface area contributed by atoms with Crippen molar-refractivity contribution in [3.8, 4) is 0 Å². The fourth-order valence-corrected chi connectivity index (χ4v) is 2.09. The largest absolute Gasteiger partial charge is 0.301 e. The zero-order valence-electron chi connectivity index (χ0n) is 8.98. The smallest absolute Gasteiger partial charge is 0.102 e. The Morgan fingerprint density at radius 2 is 2.08 bits per heavy atom. The summed E-state index contributed by atoms with van der Waals surface area (Å²) in [6.07, 6.45) is 5.05. The monoisotopic (exact) mass is 187 g/mol. The fourth-order valence-electron chi connectivity index (χ4n) is 2.09. The molecule has 0 aliphatic carbocycles. The Morgan fingerprint density at radius 1 is 1.31 bits per heavy atom. The first-order valence-corrected chi connectivity index (χ1v) is 5.48. The van der Waals surface area contributed by atoms with Crippen LogP contribution in [0.2, 0.25) is 0 Å². The molecule has 1 atom stereocenters. The maximum absolute atomic E-state index is 12.1. The molecule has 78 valence electrons. The molecule has 0 radical (unpaired) electrons.